The average molecular weight is 563 g/mol. The lowest BCUT2D eigenvalue weighted by Gasteiger charge is -2.32. The van der Waals surface area contributed by atoms with Gasteiger partial charge in [-0.2, -0.15) is 4.98 Å². The molecule has 1 aliphatic carbocycles. The van der Waals surface area contributed by atoms with Crippen molar-refractivity contribution in [1.29, 1.82) is 0 Å². The second-order valence-corrected chi connectivity index (χ2v) is 10.3. The van der Waals surface area contributed by atoms with E-state index in [-0.39, 0.29) is 46.7 Å². The number of fused-ring (bicyclic) bond motifs is 1. The number of likely N-dealkylation sites (tertiary alicyclic amines) is 1. The largest absolute Gasteiger partial charge is 0.453 e. The van der Waals surface area contributed by atoms with Crippen molar-refractivity contribution < 1.29 is 23.1 Å². The maximum Gasteiger partial charge on any atom is 0.409 e. The number of methoxy groups -OCH3 is 1. The number of benzene rings is 1. The zero-order valence-corrected chi connectivity index (χ0v) is 22.0. The Morgan fingerprint density at radius 2 is 1.92 bits per heavy atom. The van der Waals surface area contributed by atoms with Crippen LogP contribution in [0, 0.1) is 17.6 Å². The van der Waals surface area contributed by atoms with Crippen LogP contribution in [0.1, 0.15) is 44.6 Å². The van der Waals surface area contributed by atoms with Crippen molar-refractivity contribution in [2.75, 3.05) is 30.8 Å². The number of aromatic nitrogens is 4. The molecule has 0 bridgehead atoms. The van der Waals surface area contributed by atoms with Gasteiger partial charge in [0.25, 0.3) is 0 Å². The fraction of sp³-hybridized carbons (Fsp3) is 0.480. The fourth-order valence-electron chi connectivity index (χ4n) is 5.36. The average Bonchev–Trinajstić information content (AvgIpc) is 3.27. The molecule has 1 aliphatic heterocycles. The van der Waals surface area contributed by atoms with Crippen LogP contribution in [0.15, 0.2) is 18.3 Å². The highest BCUT2D eigenvalue weighted by atomic mass is 35.5. The van der Waals surface area contributed by atoms with Crippen LogP contribution in [0.25, 0.3) is 11.2 Å². The minimum atomic E-state index is -0.864. The minimum absolute atomic E-state index is 0.0811. The second-order valence-electron chi connectivity index (χ2n) is 9.88. The Hall–Kier alpha value is -3.74. The zero-order valence-electron chi connectivity index (χ0n) is 21.3. The number of imidazole rings is 1. The molecule has 0 radical (unpaired) electrons. The minimum Gasteiger partial charge on any atom is -0.453 e. The summed E-state index contributed by atoms with van der Waals surface area (Å²) in [5.41, 5.74) is 6.37. The number of amides is 2. The number of nitrogens with two attached hydrogens (primary N) is 1. The fourth-order valence-corrected chi connectivity index (χ4v) is 5.60. The molecule has 2 aliphatic rings. The third kappa shape index (κ3) is 5.68. The van der Waals surface area contributed by atoms with Crippen molar-refractivity contribution in [3.63, 3.8) is 0 Å². The standard InChI is InChI=1S/C25H29ClF2N8O3/c1-39-25(38)35-8-2-3-15(12-35)31-23-30-11-19-22(34-23)36(16-6-4-13(5-7-16)21(29)37)24(32-19)33-20-17(26)9-14(27)10-18(20)28/h9-11,13,15-16H,2-8,12H2,1H3,(H2,29,37)(H,32,33)(H,30,31,34)/t13?,15-,16?/m1/s1. The number of nitrogens with zero attached hydrogens (tertiary/aromatic N) is 5. The quantitative estimate of drug-likeness (QED) is 0.402. The number of hydrogen-bond donors (Lipinski definition) is 3. The highest BCUT2D eigenvalue weighted by Crippen LogP contribution is 2.38. The van der Waals surface area contributed by atoms with Gasteiger partial charge in [-0.25, -0.2) is 23.5 Å². The summed E-state index contributed by atoms with van der Waals surface area (Å²) in [6, 6.07) is 1.55. The van der Waals surface area contributed by atoms with Gasteiger partial charge in [0.15, 0.2) is 11.5 Å². The molecule has 11 nitrogen and oxygen atoms in total. The summed E-state index contributed by atoms with van der Waals surface area (Å²) in [4.78, 5) is 39.1. The lowest BCUT2D eigenvalue weighted by molar-refractivity contribution is -0.122. The number of primary amides is 1. The van der Waals surface area contributed by atoms with Gasteiger partial charge in [0, 0.05) is 37.2 Å². The van der Waals surface area contributed by atoms with Crippen LogP contribution >= 0.6 is 11.6 Å². The Kier molecular flexibility index (Phi) is 7.69. The molecule has 2 aromatic heterocycles. The SMILES string of the molecule is COC(=O)N1CCC[C@@H](Nc2ncc3nc(Nc4c(F)cc(F)cc4Cl)n(C4CCC(C(N)=O)CC4)c3n2)C1. The van der Waals surface area contributed by atoms with Crippen molar-refractivity contribution in [3.8, 4) is 0 Å². The summed E-state index contributed by atoms with van der Waals surface area (Å²) < 4.78 is 35.0. The molecule has 3 aromatic rings. The Bertz CT molecular complexity index is 1370. The van der Waals surface area contributed by atoms with E-state index in [0.29, 0.717) is 55.9 Å². The number of anilines is 3. The zero-order chi connectivity index (χ0) is 27.7. The van der Waals surface area contributed by atoms with Gasteiger partial charge in [0.1, 0.15) is 11.3 Å². The Labute approximate surface area is 228 Å². The van der Waals surface area contributed by atoms with E-state index >= 15 is 0 Å². The van der Waals surface area contributed by atoms with Crippen molar-refractivity contribution in [1.82, 2.24) is 24.4 Å². The highest BCUT2D eigenvalue weighted by molar-refractivity contribution is 6.33. The summed E-state index contributed by atoms with van der Waals surface area (Å²) in [5, 5.41) is 6.09. The summed E-state index contributed by atoms with van der Waals surface area (Å²) >= 11 is 6.15. The van der Waals surface area contributed by atoms with Crippen LogP contribution < -0.4 is 16.4 Å². The number of rotatable bonds is 6. The molecule has 2 fully saturated rings. The summed E-state index contributed by atoms with van der Waals surface area (Å²) in [6.45, 7) is 1.06. The molecule has 2 amide bonds. The second kappa shape index (κ2) is 11.2. The lowest BCUT2D eigenvalue weighted by Crippen LogP contribution is -2.45. The molecule has 39 heavy (non-hydrogen) atoms. The van der Waals surface area contributed by atoms with Crippen LogP contribution in [-0.2, 0) is 9.53 Å². The molecule has 0 spiro atoms. The molecule has 14 heteroatoms. The first-order valence-electron chi connectivity index (χ1n) is 12.8. The third-order valence-electron chi connectivity index (χ3n) is 7.33. The third-order valence-corrected chi connectivity index (χ3v) is 7.63. The van der Waals surface area contributed by atoms with Crippen LogP contribution in [0.5, 0.6) is 0 Å². The molecule has 1 aromatic carbocycles. The molecule has 5 rings (SSSR count). The Balaban J connectivity index is 1.48. The molecular formula is C25H29ClF2N8O3. The number of piperidine rings is 1. The first-order chi connectivity index (χ1) is 18.7. The van der Waals surface area contributed by atoms with E-state index in [2.05, 4.69) is 20.6 Å². The molecule has 3 heterocycles. The van der Waals surface area contributed by atoms with Crippen LogP contribution in [-0.4, -0.2) is 62.7 Å². The van der Waals surface area contributed by atoms with Crippen molar-refractivity contribution in [3.05, 3.63) is 35.0 Å². The lowest BCUT2D eigenvalue weighted by atomic mass is 9.85. The summed E-state index contributed by atoms with van der Waals surface area (Å²) in [6.07, 6.45) is 5.22. The number of halogens is 3. The Morgan fingerprint density at radius 1 is 1.15 bits per heavy atom. The van der Waals surface area contributed by atoms with E-state index in [1.54, 1.807) is 11.1 Å². The number of carbonyl (C=O) groups excluding carboxylic acids is 2. The summed E-state index contributed by atoms with van der Waals surface area (Å²) in [7, 11) is 1.35. The normalized spacial score (nSPS) is 21.5. The maximum atomic E-state index is 14.7. The molecule has 1 atom stereocenters. The summed E-state index contributed by atoms with van der Waals surface area (Å²) in [5.74, 6) is -1.59. The van der Waals surface area contributed by atoms with Crippen LogP contribution in [0.4, 0.5) is 31.2 Å². The van der Waals surface area contributed by atoms with E-state index in [0.717, 1.165) is 25.0 Å². The van der Waals surface area contributed by atoms with E-state index in [9.17, 15) is 18.4 Å². The van der Waals surface area contributed by atoms with E-state index in [4.69, 9.17) is 27.1 Å². The molecule has 1 saturated carbocycles. The predicted molar refractivity (Wildman–Crippen MR) is 141 cm³/mol. The van der Waals surface area contributed by atoms with E-state index in [1.165, 1.54) is 7.11 Å². The maximum absolute atomic E-state index is 14.7. The smallest absolute Gasteiger partial charge is 0.409 e. The van der Waals surface area contributed by atoms with Crippen molar-refractivity contribution in [2.24, 2.45) is 11.7 Å². The molecule has 0 unspecified atom stereocenters. The van der Waals surface area contributed by atoms with Crippen LogP contribution in [0.3, 0.4) is 0 Å². The van der Waals surface area contributed by atoms with Crippen LogP contribution in [0.2, 0.25) is 5.02 Å². The monoisotopic (exact) mass is 562 g/mol. The first kappa shape index (κ1) is 26.9. The van der Waals surface area contributed by atoms with Gasteiger partial charge in [-0.1, -0.05) is 11.6 Å². The van der Waals surface area contributed by atoms with Gasteiger partial charge >= 0.3 is 6.09 Å². The number of ether oxygens (including phenoxy) is 1. The van der Waals surface area contributed by atoms with Gasteiger partial charge in [-0.05, 0) is 44.6 Å². The van der Waals surface area contributed by atoms with Gasteiger partial charge in [0.05, 0.1) is 24.0 Å². The molecule has 1 saturated heterocycles. The van der Waals surface area contributed by atoms with Gasteiger partial charge < -0.3 is 26.0 Å². The van der Waals surface area contributed by atoms with E-state index < -0.39 is 11.6 Å². The van der Waals surface area contributed by atoms with Gasteiger partial charge in [-0.3, -0.25) is 9.36 Å². The van der Waals surface area contributed by atoms with Crippen molar-refractivity contribution >= 4 is 52.3 Å². The van der Waals surface area contributed by atoms with Gasteiger partial charge in [0.2, 0.25) is 17.8 Å². The molecular weight excluding hydrogens is 534 g/mol. The number of carbonyl (C=O) groups is 2. The van der Waals surface area contributed by atoms with Crippen molar-refractivity contribution in [2.45, 2.75) is 50.6 Å². The van der Waals surface area contributed by atoms with E-state index in [1.807, 2.05) is 4.57 Å². The topological polar surface area (TPSA) is 140 Å². The molecule has 4 N–H and O–H groups in total. The highest BCUT2D eigenvalue weighted by Gasteiger charge is 2.30. The Morgan fingerprint density at radius 3 is 2.62 bits per heavy atom. The van der Waals surface area contributed by atoms with Gasteiger partial charge in [-0.15, -0.1) is 0 Å². The molecule has 208 valence electrons. The predicted octanol–water partition coefficient (Wildman–Crippen LogP) is 4.36. The first-order valence-corrected chi connectivity index (χ1v) is 13.2. The number of hydrogen-bond acceptors (Lipinski definition) is 8. The number of nitrogens with one attached hydrogen (secondary N) is 2.